The molecule has 0 bridgehead atoms. The second kappa shape index (κ2) is 6.23. The summed E-state index contributed by atoms with van der Waals surface area (Å²) in [5.74, 6) is 0.711. The Balaban J connectivity index is 1.73. The molecule has 1 aliphatic rings. The zero-order valence-corrected chi connectivity index (χ0v) is 12.6. The number of nitrogens with one attached hydrogen (secondary N) is 1. The monoisotopic (exact) mass is 300 g/mol. The molecule has 1 fully saturated rings. The maximum atomic E-state index is 12.4. The summed E-state index contributed by atoms with van der Waals surface area (Å²) < 4.78 is 1.60. The van der Waals surface area contributed by atoms with Crippen molar-refractivity contribution >= 4 is 11.6 Å². The molecule has 0 aliphatic heterocycles. The van der Waals surface area contributed by atoms with Crippen LogP contribution in [0.2, 0.25) is 0 Å². The van der Waals surface area contributed by atoms with Gasteiger partial charge in [0.25, 0.3) is 0 Å². The van der Waals surface area contributed by atoms with Crippen molar-refractivity contribution < 1.29 is 4.79 Å². The molecule has 2 atom stereocenters. The van der Waals surface area contributed by atoms with Gasteiger partial charge in [-0.25, -0.2) is 4.68 Å². The molecule has 1 aromatic heterocycles. The van der Waals surface area contributed by atoms with Crippen molar-refractivity contribution in [3.05, 3.63) is 24.3 Å². The van der Waals surface area contributed by atoms with Gasteiger partial charge in [0.2, 0.25) is 5.91 Å². The Kier molecular flexibility index (Phi) is 4.15. The summed E-state index contributed by atoms with van der Waals surface area (Å²) in [4.78, 5) is 12.4. The van der Waals surface area contributed by atoms with Gasteiger partial charge in [0.1, 0.15) is 0 Å². The van der Waals surface area contributed by atoms with Crippen LogP contribution >= 0.6 is 0 Å². The lowest BCUT2D eigenvalue weighted by Gasteiger charge is -2.25. The molecule has 2 aromatic rings. The van der Waals surface area contributed by atoms with Crippen LogP contribution in [0.15, 0.2) is 24.3 Å². The predicted molar refractivity (Wildman–Crippen MR) is 82.8 cm³/mol. The predicted octanol–water partition coefficient (Wildman–Crippen LogP) is 1.33. The van der Waals surface area contributed by atoms with Gasteiger partial charge in [-0.15, -0.1) is 5.10 Å². The fourth-order valence-electron chi connectivity index (χ4n) is 2.92. The molecular weight excluding hydrogens is 280 g/mol. The van der Waals surface area contributed by atoms with Crippen molar-refractivity contribution in [2.75, 3.05) is 5.32 Å². The third-order valence-corrected chi connectivity index (χ3v) is 4.09. The van der Waals surface area contributed by atoms with Crippen LogP contribution in [0.25, 0.3) is 11.4 Å². The number of anilines is 1. The zero-order chi connectivity index (χ0) is 15.5. The number of nitrogens with zero attached hydrogens (tertiary/aromatic N) is 4. The van der Waals surface area contributed by atoms with Gasteiger partial charge < -0.3 is 11.1 Å². The Morgan fingerprint density at radius 3 is 3.00 bits per heavy atom. The van der Waals surface area contributed by atoms with Crippen LogP contribution in [0.3, 0.4) is 0 Å². The van der Waals surface area contributed by atoms with Gasteiger partial charge in [0, 0.05) is 30.3 Å². The summed E-state index contributed by atoms with van der Waals surface area (Å²) in [6, 6.07) is 7.69. The topological polar surface area (TPSA) is 98.7 Å². The minimum absolute atomic E-state index is 0.00361. The standard InChI is InChI=1S/C15H20N6O/c1-21-14(18-19-20-21)10-4-3-7-13(9-10)17-15(22)11-5-2-6-12(16)8-11/h3-4,7,9,11-12H,2,5-6,8,16H2,1H3,(H,17,22). The summed E-state index contributed by atoms with van der Waals surface area (Å²) in [6.07, 6.45) is 3.70. The molecule has 3 rings (SSSR count). The number of nitrogens with two attached hydrogens (primary N) is 1. The van der Waals surface area contributed by atoms with E-state index in [4.69, 9.17) is 5.73 Å². The Morgan fingerprint density at radius 1 is 1.41 bits per heavy atom. The molecule has 0 spiro atoms. The lowest BCUT2D eigenvalue weighted by atomic mass is 9.85. The lowest BCUT2D eigenvalue weighted by molar-refractivity contribution is -0.120. The van der Waals surface area contributed by atoms with E-state index in [0.29, 0.717) is 5.82 Å². The van der Waals surface area contributed by atoms with Crippen LogP contribution in [0.1, 0.15) is 25.7 Å². The van der Waals surface area contributed by atoms with E-state index in [0.717, 1.165) is 36.9 Å². The fourth-order valence-corrected chi connectivity index (χ4v) is 2.92. The number of rotatable bonds is 3. The molecule has 7 nitrogen and oxygen atoms in total. The largest absolute Gasteiger partial charge is 0.328 e. The highest BCUT2D eigenvalue weighted by atomic mass is 16.1. The van der Waals surface area contributed by atoms with Crippen molar-refractivity contribution in [3.8, 4) is 11.4 Å². The number of hydrogen-bond acceptors (Lipinski definition) is 5. The number of aryl methyl sites for hydroxylation is 1. The SMILES string of the molecule is Cn1nnnc1-c1cccc(NC(=O)C2CCCC(N)C2)c1. The average molecular weight is 300 g/mol. The van der Waals surface area contributed by atoms with Crippen LogP contribution in [0, 0.1) is 5.92 Å². The summed E-state index contributed by atoms with van der Waals surface area (Å²) in [7, 11) is 1.78. The van der Waals surface area contributed by atoms with Gasteiger partial charge in [0.05, 0.1) is 0 Å². The Hall–Kier alpha value is -2.28. The van der Waals surface area contributed by atoms with Crippen LogP contribution in [0.5, 0.6) is 0 Å². The molecule has 1 heterocycles. The van der Waals surface area contributed by atoms with Gasteiger partial charge in [0.15, 0.2) is 5.82 Å². The molecule has 1 saturated carbocycles. The number of amides is 1. The van der Waals surface area contributed by atoms with E-state index in [-0.39, 0.29) is 17.9 Å². The Bertz CT molecular complexity index is 668. The maximum Gasteiger partial charge on any atom is 0.227 e. The van der Waals surface area contributed by atoms with E-state index in [1.807, 2.05) is 24.3 Å². The fraction of sp³-hybridized carbons (Fsp3) is 0.467. The minimum Gasteiger partial charge on any atom is -0.328 e. The van der Waals surface area contributed by atoms with Gasteiger partial charge in [-0.1, -0.05) is 18.6 Å². The molecule has 0 radical (unpaired) electrons. The van der Waals surface area contributed by atoms with Gasteiger partial charge >= 0.3 is 0 Å². The third kappa shape index (κ3) is 3.14. The number of carbonyl (C=O) groups excluding carboxylic acids is 1. The number of tetrazole rings is 1. The Labute approximate surface area is 128 Å². The average Bonchev–Trinajstić information content (AvgIpc) is 2.94. The lowest BCUT2D eigenvalue weighted by Crippen LogP contribution is -2.34. The molecule has 22 heavy (non-hydrogen) atoms. The highest BCUT2D eigenvalue weighted by Crippen LogP contribution is 2.25. The zero-order valence-electron chi connectivity index (χ0n) is 12.6. The minimum atomic E-state index is 0.00361. The highest BCUT2D eigenvalue weighted by molar-refractivity contribution is 5.93. The van der Waals surface area contributed by atoms with Crippen molar-refractivity contribution in [3.63, 3.8) is 0 Å². The summed E-state index contributed by atoms with van der Waals surface area (Å²) in [6.45, 7) is 0. The second-order valence-corrected chi connectivity index (χ2v) is 5.82. The van der Waals surface area contributed by atoms with Crippen molar-refractivity contribution in [2.45, 2.75) is 31.7 Å². The van der Waals surface area contributed by atoms with Gasteiger partial charge in [-0.2, -0.15) is 0 Å². The normalized spacial score (nSPS) is 21.5. The summed E-state index contributed by atoms with van der Waals surface area (Å²) in [5.41, 5.74) is 7.58. The molecule has 1 aliphatic carbocycles. The summed E-state index contributed by atoms with van der Waals surface area (Å²) in [5, 5.41) is 14.4. The number of carbonyl (C=O) groups is 1. The molecule has 1 amide bonds. The molecule has 116 valence electrons. The van der Waals surface area contributed by atoms with E-state index < -0.39 is 0 Å². The van der Waals surface area contributed by atoms with Crippen LogP contribution < -0.4 is 11.1 Å². The molecule has 7 heteroatoms. The molecule has 3 N–H and O–H groups in total. The van der Waals surface area contributed by atoms with Crippen molar-refractivity contribution in [2.24, 2.45) is 18.7 Å². The first kappa shape index (κ1) is 14.6. The van der Waals surface area contributed by atoms with Crippen LogP contribution in [-0.2, 0) is 11.8 Å². The van der Waals surface area contributed by atoms with E-state index in [9.17, 15) is 4.79 Å². The quantitative estimate of drug-likeness (QED) is 0.891. The molecule has 1 aromatic carbocycles. The summed E-state index contributed by atoms with van der Waals surface area (Å²) >= 11 is 0. The molecular formula is C15H20N6O. The number of aromatic nitrogens is 4. The number of hydrogen-bond donors (Lipinski definition) is 2. The second-order valence-electron chi connectivity index (χ2n) is 5.82. The third-order valence-electron chi connectivity index (χ3n) is 4.09. The van der Waals surface area contributed by atoms with E-state index in [1.54, 1.807) is 11.7 Å². The first-order chi connectivity index (χ1) is 10.6. The maximum absolute atomic E-state index is 12.4. The van der Waals surface area contributed by atoms with E-state index in [1.165, 1.54) is 0 Å². The van der Waals surface area contributed by atoms with Crippen molar-refractivity contribution in [1.29, 1.82) is 0 Å². The van der Waals surface area contributed by atoms with Crippen molar-refractivity contribution in [1.82, 2.24) is 20.2 Å². The van der Waals surface area contributed by atoms with Crippen LogP contribution in [-0.4, -0.2) is 32.2 Å². The highest BCUT2D eigenvalue weighted by Gasteiger charge is 2.25. The number of benzene rings is 1. The van der Waals surface area contributed by atoms with E-state index in [2.05, 4.69) is 20.8 Å². The van der Waals surface area contributed by atoms with Gasteiger partial charge in [-0.3, -0.25) is 4.79 Å². The van der Waals surface area contributed by atoms with E-state index >= 15 is 0 Å². The molecule has 0 saturated heterocycles. The Morgan fingerprint density at radius 2 is 2.27 bits per heavy atom. The van der Waals surface area contributed by atoms with Gasteiger partial charge in [-0.05, 0) is 41.8 Å². The first-order valence-electron chi connectivity index (χ1n) is 7.52. The smallest absolute Gasteiger partial charge is 0.227 e. The first-order valence-corrected chi connectivity index (χ1v) is 7.52. The molecule has 2 unspecified atom stereocenters. The van der Waals surface area contributed by atoms with Crippen LogP contribution in [0.4, 0.5) is 5.69 Å².